The third-order valence-electron chi connectivity index (χ3n) is 5.38. The van der Waals surface area contributed by atoms with E-state index < -0.39 is 17.5 Å². The van der Waals surface area contributed by atoms with Gasteiger partial charge in [-0.3, -0.25) is 4.90 Å². The maximum Gasteiger partial charge on any atom is 0.194 e. The predicted octanol–water partition coefficient (Wildman–Crippen LogP) is 3.00. The summed E-state index contributed by atoms with van der Waals surface area (Å²) in [5.41, 5.74) is 0.427. The van der Waals surface area contributed by atoms with Gasteiger partial charge < -0.3 is 10.2 Å². The first kappa shape index (κ1) is 17.5. The highest BCUT2D eigenvalue weighted by Gasteiger charge is 2.26. The zero-order valence-electron chi connectivity index (χ0n) is 14.2. The first-order valence-electron chi connectivity index (χ1n) is 8.89. The van der Waals surface area contributed by atoms with E-state index in [-0.39, 0.29) is 0 Å². The fourth-order valence-electron chi connectivity index (χ4n) is 3.81. The molecule has 0 amide bonds. The van der Waals surface area contributed by atoms with Gasteiger partial charge in [0.15, 0.2) is 17.5 Å². The lowest BCUT2D eigenvalue weighted by atomic mass is 9.94. The molecule has 2 heterocycles. The molecule has 0 saturated carbocycles. The summed E-state index contributed by atoms with van der Waals surface area (Å²) in [6.45, 7) is 7.74. The van der Waals surface area contributed by atoms with Crippen molar-refractivity contribution in [1.82, 2.24) is 10.2 Å². The molecule has 1 aromatic carbocycles. The molecule has 2 aliphatic rings. The molecule has 2 aliphatic heterocycles. The first-order valence-corrected chi connectivity index (χ1v) is 8.89. The van der Waals surface area contributed by atoms with Crippen molar-refractivity contribution in [1.29, 1.82) is 0 Å². The van der Waals surface area contributed by atoms with E-state index in [1.54, 1.807) is 0 Å². The molecule has 1 N–H and O–H groups in total. The van der Waals surface area contributed by atoms with E-state index in [4.69, 9.17) is 0 Å². The molecule has 1 atom stereocenters. The first-order chi connectivity index (χ1) is 11.5. The van der Waals surface area contributed by atoms with Crippen LogP contribution in [-0.4, -0.2) is 50.2 Å². The number of nitrogens with one attached hydrogen (secondary N) is 1. The summed E-state index contributed by atoms with van der Waals surface area (Å²) in [6.07, 6.45) is 3.72. The van der Waals surface area contributed by atoms with Gasteiger partial charge in [0.25, 0.3) is 0 Å². The van der Waals surface area contributed by atoms with Gasteiger partial charge in [-0.1, -0.05) is 0 Å². The van der Waals surface area contributed by atoms with Crippen molar-refractivity contribution < 1.29 is 13.2 Å². The van der Waals surface area contributed by atoms with Crippen LogP contribution in [0.1, 0.15) is 26.2 Å². The van der Waals surface area contributed by atoms with Crippen LogP contribution in [0.2, 0.25) is 0 Å². The Labute approximate surface area is 141 Å². The second kappa shape index (κ2) is 7.74. The van der Waals surface area contributed by atoms with Gasteiger partial charge in [-0.25, -0.2) is 13.2 Å². The average Bonchev–Trinajstić information content (AvgIpc) is 2.59. The van der Waals surface area contributed by atoms with Crippen molar-refractivity contribution in [3.8, 4) is 0 Å². The number of anilines is 1. The van der Waals surface area contributed by atoms with Crippen LogP contribution in [0.15, 0.2) is 12.1 Å². The molecule has 2 fully saturated rings. The Kier molecular flexibility index (Phi) is 5.66. The second-order valence-electron chi connectivity index (χ2n) is 7.04. The van der Waals surface area contributed by atoms with Crippen LogP contribution in [0.5, 0.6) is 0 Å². The van der Waals surface area contributed by atoms with Gasteiger partial charge in [0.2, 0.25) is 0 Å². The molecule has 3 rings (SSSR count). The quantitative estimate of drug-likeness (QED) is 0.850. The minimum atomic E-state index is -1.40. The Bertz CT molecular complexity index is 537. The fraction of sp³-hybridized carbons (Fsp3) is 0.667. The summed E-state index contributed by atoms with van der Waals surface area (Å²) in [6, 6.07) is 2.50. The van der Waals surface area contributed by atoms with Crippen LogP contribution >= 0.6 is 0 Å². The number of benzene rings is 1. The van der Waals surface area contributed by atoms with Crippen LogP contribution in [0, 0.1) is 23.4 Å². The molecule has 0 aromatic heterocycles. The van der Waals surface area contributed by atoms with Crippen molar-refractivity contribution in [2.45, 2.75) is 32.2 Å². The SMILES string of the molecule is C[C@@H]1CN(c2cc(F)c(F)c(F)c2)CCN1CCC1CCNCC1. The number of piperidine rings is 1. The Morgan fingerprint density at radius 1 is 1.08 bits per heavy atom. The highest BCUT2D eigenvalue weighted by molar-refractivity contribution is 5.48. The van der Waals surface area contributed by atoms with E-state index in [0.29, 0.717) is 24.8 Å². The molecule has 0 unspecified atom stereocenters. The number of nitrogens with zero attached hydrogens (tertiary/aromatic N) is 2. The number of halogens is 3. The maximum atomic E-state index is 13.4. The third kappa shape index (κ3) is 4.03. The van der Waals surface area contributed by atoms with Crippen molar-refractivity contribution in [2.75, 3.05) is 44.2 Å². The largest absolute Gasteiger partial charge is 0.369 e. The van der Waals surface area contributed by atoms with Gasteiger partial charge in [0, 0.05) is 43.5 Å². The minimum absolute atomic E-state index is 0.316. The normalized spacial score (nSPS) is 23.7. The summed E-state index contributed by atoms with van der Waals surface area (Å²) in [5, 5.41) is 3.39. The van der Waals surface area contributed by atoms with Gasteiger partial charge >= 0.3 is 0 Å². The number of piperazine rings is 1. The molecular formula is C18H26F3N3. The van der Waals surface area contributed by atoms with Gasteiger partial charge in [-0.15, -0.1) is 0 Å². The zero-order valence-corrected chi connectivity index (χ0v) is 14.2. The van der Waals surface area contributed by atoms with E-state index in [1.165, 1.54) is 19.3 Å². The van der Waals surface area contributed by atoms with Crippen LogP contribution < -0.4 is 10.2 Å². The van der Waals surface area contributed by atoms with Crippen LogP contribution in [0.25, 0.3) is 0 Å². The van der Waals surface area contributed by atoms with E-state index in [0.717, 1.165) is 44.2 Å². The van der Waals surface area contributed by atoms with E-state index in [2.05, 4.69) is 17.1 Å². The molecule has 24 heavy (non-hydrogen) atoms. The van der Waals surface area contributed by atoms with Gasteiger partial charge in [0.05, 0.1) is 0 Å². The van der Waals surface area contributed by atoms with E-state index in [9.17, 15) is 13.2 Å². The van der Waals surface area contributed by atoms with Gasteiger partial charge in [-0.2, -0.15) is 0 Å². The summed E-state index contributed by atoms with van der Waals surface area (Å²) < 4.78 is 40.0. The Hall–Kier alpha value is -1.27. The predicted molar refractivity (Wildman–Crippen MR) is 89.8 cm³/mol. The van der Waals surface area contributed by atoms with Crippen molar-refractivity contribution >= 4 is 5.69 Å². The summed E-state index contributed by atoms with van der Waals surface area (Å²) >= 11 is 0. The third-order valence-corrected chi connectivity index (χ3v) is 5.38. The van der Waals surface area contributed by atoms with Crippen molar-refractivity contribution in [3.63, 3.8) is 0 Å². The van der Waals surface area contributed by atoms with Crippen LogP contribution in [-0.2, 0) is 0 Å². The summed E-state index contributed by atoms with van der Waals surface area (Å²) in [5.74, 6) is -2.83. The monoisotopic (exact) mass is 341 g/mol. The van der Waals surface area contributed by atoms with Crippen molar-refractivity contribution in [3.05, 3.63) is 29.6 Å². The lowest BCUT2D eigenvalue weighted by Gasteiger charge is -2.41. The summed E-state index contributed by atoms with van der Waals surface area (Å²) in [4.78, 5) is 4.39. The Morgan fingerprint density at radius 2 is 1.75 bits per heavy atom. The molecular weight excluding hydrogens is 315 g/mol. The molecule has 3 nitrogen and oxygen atoms in total. The number of hydrogen-bond donors (Lipinski definition) is 1. The highest BCUT2D eigenvalue weighted by atomic mass is 19.2. The topological polar surface area (TPSA) is 18.5 Å². The van der Waals surface area contributed by atoms with Crippen LogP contribution in [0.3, 0.4) is 0 Å². The molecule has 0 aliphatic carbocycles. The summed E-state index contributed by atoms with van der Waals surface area (Å²) in [7, 11) is 0. The van der Waals surface area contributed by atoms with Crippen molar-refractivity contribution in [2.24, 2.45) is 5.92 Å². The maximum absolute atomic E-state index is 13.4. The molecule has 1 aromatic rings. The Morgan fingerprint density at radius 3 is 2.38 bits per heavy atom. The fourth-order valence-corrected chi connectivity index (χ4v) is 3.81. The van der Waals surface area contributed by atoms with Gasteiger partial charge in [0.1, 0.15) is 0 Å². The number of hydrogen-bond acceptors (Lipinski definition) is 3. The molecule has 0 spiro atoms. The van der Waals surface area contributed by atoms with E-state index in [1.807, 2.05) is 4.90 Å². The van der Waals surface area contributed by atoms with Gasteiger partial charge in [-0.05, 0) is 51.7 Å². The smallest absolute Gasteiger partial charge is 0.194 e. The molecule has 2 saturated heterocycles. The lowest BCUT2D eigenvalue weighted by Crippen LogP contribution is -2.52. The molecule has 6 heteroatoms. The standard InChI is InChI=1S/C18H26F3N3/c1-13-12-24(15-10-16(19)18(21)17(20)11-15)9-8-23(13)7-4-14-2-5-22-6-3-14/h10-11,13-14,22H,2-9,12H2,1H3/t13-/m1/s1. The van der Waals surface area contributed by atoms with Crippen LogP contribution in [0.4, 0.5) is 18.9 Å². The average molecular weight is 341 g/mol. The number of rotatable bonds is 4. The highest BCUT2D eigenvalue weighted by Crippen LogP contribution is 2.24. The molecule has 0 bridgehead atoms. The Balaban J connectivity index is 1.55. The zero-order chi connectivity index (χ0) is 17.1. The molecule has 134 valence electrons. The minimum Gasteiger partial charge on any atom is -0.369 e. The second-order valence-corrected chi connectivity index (χ2v) is 7.04. The van der Waals surface area contributed by atoms with E-state index >= 15 is 0 Å². The lowest BCUT2D eigenvalue weighted by molar-refractivity contribution is 0.170. The molecule has 0 radical (unpaired) electrons.